The van der Waals surface area contributed by atoms with E-state index in [1.165, 1.54) is 16.8 Å². The number of carbonyl (C=O) groups excluding carboxylic acids is 1. The van der Waals surface area contributed by atoms with E-state index in [0.29, 0.717) is 21.4 Å². The van der Waals surface area contributed by atoms with Crippen molar-refractivity contribution < 1.29 is 9.90 Å². The molecule has 5 nitrogen and oxygen atoms in total. The van der Waals surface area contributed by atoms with Crippen molar-refractivity contribution in [2.45, 2.75) is 13.8 Å². The SMILES string of the molecule is Cc1cc(C)n(C(=O)/C(C#N)=C/c2ccc(O)c(Br)c2)n1. The number of aryl methyl sites for hydroxylation is 2. The Bertz CT molecular complexity index is 785. The number of rotatable bonds is 2. The molecule has 0 amide bonds. The van der Waals surface area contributed by atoms with Crippen molar-refractivity contribution in [3.63, 3.8) is 0 Å². The summed E-state index contributed by atoms with van der Waals surface area (Å²) in [6, 6.07) is 8.39. The first-order chi connectivity index (χ1) is 9.92. The summed E-state index contributed by atoms with van der Waals surface area (Å²) in [6.45, 7) is 3.54. The average Bonchev–Trinajstić information content (AvgIpc) is 2.78. The summed E-state index contributed by atoms with van der Waals surface area (Å²) < 4.78 is 1.70. The van der Waals surface area contributed by atoms with Crippen LogP contribution in [-0.4, -0.2) is 20.8 Å². The highest BCUT2D eigenvalue weighted by molar-refractivity contribution is 9.10. The molecule has 21 heavy (non-hydrogen) atoms. The molecular formula is C15H12BrN3O2. The summed E-state index contributed by atoms with van der Waals surface area (Å²) in [4.78, 5) is 12.3. The van der Waals surface area contributed by atoms with E-state index in [4.69, 9.17) is 0 Å². The van der Waals surface area contributed by atoms with Gasteiger partial charge >= 0.3 is 0 Å². The Morgan fingerprint density at radius 1 is 1.43 bits per heavy atom. The maximum atomic E-state index is 12.3. The van der Waals surface area contributed by atoms with E-state index in [9.17, 15) is 15.2 Å². The smallest absolute Gasteiger partial charge is 0.289 e. The van der Waals surface area contributed by atoms with E-state index in [-0.39, 0.29) is 11.3 Å². The summed E-state index contributed by atoms with van der Waals surface area (Å²) in [5.41, 5.74) is 1.99. The van der Waals surface area contributed by atoms with E-state index < -0.39 is 5.91 Å². The fourth-order valence-electron chi connectivity index (χ4n) is 1.87. The normalized spacial score (nSPS) is 11.2. The number of hydrogen-bond donors (Lipinski definition) is 1. The lowest BCUT2D eigenvalue weighted by molar-refractivity contribution is 0.0944. The molecule has 0 saturated heterocycles. The van der Waals surface area contributed by atoms with E-state index in [1.807, 2.05) is 6.07 Å². The first-order valence-electron chi connectivity index (χ1n) is 6.10. The van der Waals surface area contributed by atoms with Gasteiger partial charge in [-0.15, -0.1) is 0 Å². The molecule has 0 aliphatic rings. The van der Waals surface area contributed by atoms with E-state index in [2.05, 4.69) is 21.0 Å². The number of phenolic OH excluding ortho intramolecular Hbond substituents is 1. The lowest BCUT2D eigenvalue weighted by Crippen LogP contribution is -2.15. The zero-order valence-corrected chi connectivity index (χ0v) is 13.0. The summed E-state index contributed by atoms with van der Waals surface area (Å²) in [6.07, 6.45) is 1.46. The maximum Gasteiger partial charge on any atom is 0.289 e. The van der Waals surface area contributed by atoms with Crippen molar-refractivity contribution in [2.75, 3.05) is 0 Å². The molecule has 106 valence electrons. The van der Waals surface area contributed by atoms with Gasteiger partial charge in [0.1, 0.15) is 17.4 Å². The number of hydrogen-bond acceptors (Lipinski definition) is 4. The number of aromatic nitrogens is 2. The fourth-order valence-corrected chi connectivity index (χ4v) is 2.27. The van der Waals surface area contributed by atoms with Crippen molar-refractivity contribution in [1.29, 1.82) is 5.26 Å². The minimum atomic E-state index is -0.479. The van der Waals surface area contributed by atoms with Crippen molar-refractivity contribution in [3.8, 4) is 11.8 Å². The molecule has 0 aliphatic heterocycles. The van der Waals surface area contributed by atoms with Crippen LogP contribution in [-0.2, 0) is 0 Å². The molecule has 2 rings (SSSR count). The Hall–Kier alpha value is -2.39. The van der Waals surface area contributed by atoms with Crippen molar-refractivity contribution in [2.24, 2.45) is 0 Å². The number of nitriles is 1. The molecule has 6 heteroatoms. The van der Waals surface area contributed by atoms with Gasteiger partial charge in [-0.05, 0) is 59.6 Å². The van der Waals surface area contributed by atoms with Crippen LogP contribution in [0.25, 0.3) is 6.08 Å². The monoisotopic (exact) mass is 345 g/mol. The number of phenols is 1. The van der Waals surface area contributed by atoms with Gasteiger partial charge in [0, 0.05) is 5.69 Å². The molecular weight excluding hydrogens is 334 g/mol. The standard InChI is InChI=1S/C15H12BrN3O2/c1-9-5-10(2)19(18-9)15(21)12(8-17)6-11-3-4-14(20)13(16)7-11/h3-7,20H,1-2H3/b12-6+. The van der Waals surface area contributed by atoms with Gasteiger partial charge in [0.25, 0.3) is 5.91 Å². The van der Waals surface area contributed by atoms with Crippen molar-refractivity contribution in [3.05, 3.63) is 51.3 Å². The zero-order valence-electron chi connectivity index (χ0n) is 11.5. The van der Waals surface area contributed by atoms with Crippen molar-refractivity contribution >= 4 is 27.9 Å². The molecule has 0 saturated carbocycles. The Kier molecular flexibility index (Phi) is 4.24. The Labute approximate surface area is 130 Å². The molecule has 0 unspecified atom stereocenters. The summed E-state index contributed by atoms with van der Waals surface area (Å²) in [5, 5.41) is 22.7. The van der Waals surface area contributed by atoms with Gasteiger partial charge in [0.15, 0.2) is 0 Å². The Morgan fingerprint density at radius 3 is 2.67 bits per heavy atom. The molecule has 1 aromatic carbocycles. The minimum Gasteiger partial charge on any atom is -0.507 e. The van der Waals surface area contributed by atoms with Crippen LogP contribution >= 0.6 is 15.9 Å². The van der Waals surface area contributed by atoms with Crippen LogP contribution in [0.5, 0.6) is 5.75 Å². The number of halogens is 1. The maximum absolute atomic E-state index is 12.3. The van der Waals surface area contributed by atoms with Gasteiger partial charge in [0.2, 0.25) is 0 Å². The van der Waals surface area contributed by atoms with Gasteiger partial charge in [-0.3, -0.25) is 4.79 Å². The second-order valence-corrected chi connectivity index (χ2v) is 5.38. The third-order valence-corrected chi connectivity index (χ3v) is 3.47. The van der Waals surface area contributed by atoms with Crippen LogP contribution in [0, 0.1) is 25.2 Å². The molecule has 0 aliphatic carbocycles. The van der Waals surface area contributed by atoms with Gasteiger partial charge in [-0.2, -0.15) is 10.4 Å². The molecule has 0 fully saturated rings. The predicted octanol–water partition coefficient (Wildman–Crippen LogP) is 3.22. The fraction of sp³-hybridized carbons (Fsp3) is 0.133. The van der Waals surface area contributed by atoms with Crippen LogP contribution < -0.4 is 0 Å². The quantitative estimate of drug-likeness (QED) is 0.669. The van der Waals surface area contributed by atoms with Crippen LogP contribution in [0.15, 0.2) is 34.3 Å². The molecule has 1 N–H and O–H groups in total. The zero-order chi connectivity index (χ0) is 15.6. The largest absolute Gasteiger partial charge is 0.507 e. The average molecular weight is 346 g/mol. The summed E-state index contributed by atoms with van der Waals surface area (Å²) in [7, 11) is 0. The Balaban J connectivity index is 2.41. The second kappa shape index (κ2) is 5.94. The van der Waals surface area contributed by atoms with Crippen LogP contribution in [0.4, 0.5) is 0 Å². The van der Waals surface area contributed by atoms with Crippen molar-refractivity contribution in [1.82, 2.24) is 9.78 Å². The molecule has 0 bridgehead atoms. The minimum absolute atomic E-state index is 0.0289. The number of nitrogens with zero attached hydrogens (tertiary/aromatic N) is 3. The van der Waals surface area contributed by atoms with E-state index in [0.717, 1.165) is 0 Å². The van der Waals surface area contributed by atoms with Crippen LogP contribution in [0.1, 0.15) is 21.7 Å². The number of benzene rings is 1. The van der Waals surface area contributed by atoms with E-state index >= 15 is 0 Å². The van der Waals surface area contributed by atoms with Crippen LogP contribution in [0.2, 0.25) is 0 Å². The predicted molar refractivity (Wildman–Crippen MR) is 81.7 cm³/mol. The number of carbonyl (C=O) groups is 1. The third-order valence-electron chi connectivity index (χ3n) is 2.84. The molecule has 0 radical (unpaired) electrons. The topological polar surface area (TPSA) is 78.9 Å². The summed E-state index contributed by atoms with van der Waals surface area (Å²) in [5.74, 6) is -0.386. The molecule has 0 spiro atoms. The lowest BCUT2D eigenvalue weighted by atomic mass is 10.1. The first kappa shape index (κ1) is 15.0. The highest BCUT2D eigenvalue weighted by atomic mass is 79.9. The third kappa shape index (κ3) is 3.20. The molecule has 1 aromatic heterocycles. The van der Waals surface area contributed by atoms with E-state index in [1.54, 1.807) is 32.0 Å². The second-order valence-electron chi connectivity index (χ2n) is 4.52. The van der Waals surface area contributed by atoms with Gasteiger partial charge in [0.05, 0.1) is 10.2 Å². The highest BCUT2D eigenvalue weighted by Gasteiger charge is 2.15. The lowest BCUT2D eigenvalue weighted by Gasteiger charge is -2.03. The molecule has 2 aromatic rings. The highest BCUT2D eigenvalue weighted by Crippen LogP contribution is 2.25. The van der Waals surface area contributed by atoms with Gasteiger partial charge < -0.3 is 5.11 Å². The summed E-state index contributed by atoms with van der Waals surface area (Å²) >= 11 is 3.19. The molecule has 1 heterocycles. The number of aromatic hydroxyl groups is 1. The van der Waals surface area contributed by atoms with Gasteiger partial charge in [-0.1, -0.05) is 6.07 Å². The Morgan fingerprint density at radius 2 is 2.14 bits per heavy atom. The molecule has 0 atom stereocenters. The first-order valence-corrected chi connectivity index (χ1v) is 6.90. The van der Waals surface area contributed by atoms with Crippen LogP contribution in [0.3, 0.4) is 0 Å². The van der Waals surface area contributed by atoms with Gasteiger partial charge in [-0.25, -0.2) is 4.68 Å². The number of allylic oxidation sites excluding steroid dienone is 1.